The summed E-state index contributed by atoms with van der Waals surface area (Å²) in [6.07, 6.45) is 1.58. The van der Waals surface area contributed by atoms with E-state index in [0.29, 0.717) is 0 Å². The second kappa shape index (κ2) is 6.03. The number of hydrogen-bond donors (Lipinski definition) is 1. The molecule has 0 bridgehead atoms. The van der Waals surface area contributed by atoms with Gasteiger partial charge in [-0.15, -0.1) is 11.3 Å². The second-order valence-electron chi connectivity index (χ2n) is 3.27. The lowest BCUT2D eigenvalue weighted by atomic mass is 10.4. The Morgan fingerprint density at radius 1 is 1.56 bits per heavy atom. The molecule has 2 rings (SSSR count). The summed E-state index contributed by atoms with van der Waals surface area (Å²) in [5, 5.41) is 10.5. The molecule has 4 nitrogen and oxygen atoms in total. The van der Waals surface area contributed by atoms with E-state index >= 15 is 0 Å². The molecule has 0 aliphatic heterocycles. The van der Waals surface area contributed by atoms with Crippen molar-refractivity contribution in [2.24, 2.45) is 7.05 Å². The zero-order chi connectivity index (χ0) is 11.2. The van der Waals surface area contributed by atoms with Crippen molar-refractivity contribution in [3.63, 3.8) is 0 Å². The first kappa shape index (κ1) is 11.6. The molecule has 2 aromatic rings. The van der Waals surface area contributed by atoms with Gasteiger partial charge in [0.1, 0.15) is 6.33 Å². The number of thiophene rings is 1. The van der Waals surface area contributed by atoms with E-state index in [2.05, 4.69) is 32.9 Å². The predicted octanol–water partition coefficient (Wildman–Crippen LogP) is 1.76. The predicted molar refractivity (Wildman–Crippen MR) is 67.8 cm³/mol. The van der Waals surface area contributed by atoms with E-state index in [9.17, 15) is 0 Å². The van der Waals surface area contributed by atoms with Crippen LogP contribution in [0.25, 0.3) is 0 Å². The van der Waals surface area contributed by atoms with E-state index in [4.69, 9.17) is 0 Å². The molecule has 86 valence electrons. The summed E-state index contributed by atoms with van der Waals surface area (Å²) in [6.45, 7) is 1.94. The Bertz CT molecular complexity index is 410. The number of aryl methyl sites for hydroxylation is 1. The normalized spacial score (nSPS) is 10.8. The minimum Gasteiger partial charge on any atom is -0.311 e. The molecule has 0 aromatic carbocycles. The first-order valence-electron chi connectivity index (χ1n) is 5.06. The summed E-state index contributed by atoms with van der Waals surface area (Å²) < 4.78 is 1.80. The lowest BCUT2D eigenvalue weighted by Crippen LogP contribution is -2.16. The zero-order valence-electron chi connectivity index (χ0n) is 9.09. The summed E-state index contributed by atoms with van der Waals surface area (Å²) in [4.78, 5) is 5.53. The van der Waals surface area contributed by atoms with Crippen molar-refractivity contribution in [1.82, 2.24) is 20.1 Å². The van der Waals surface area contributed by atoms with Gasteiger partial charge in [-0.25, -0.2) is 9.67 Å². The topological polar surface area (TPSA) is 42.7 Å². The van der Waals surface area contributed by atoms with Gasteiger partial charge in [0.05, 0.1) is 0 Å². The number of nitrogens with one attached hydrogen (secondary N) is 1. The van der Waals surface area contributed by atoms with E-state index < -0.39 is 0 Å². The molecule has 0 saturated heterocycles. The number of rotatable bonds is 6. The summed E-state index contributed by atoms with van der Waals surface area (Å²) in [5.41, 5.74) is 0. The molecule has 6 heteroatoms. The first-order chi connectivity index (χ1) is 7.86. The molecule has 0 aliphatic carbocycles. The number of thioether (sulfide) groups is 1. The molecule has 2 heterocycles. The fourth-order valence-electron chi connectivity index (χ4n) is 1.26. The molecular weight excluding hydrogens is 240 g/mol. The molecule has 0 unspecified atom stereocenters. The molecule has 0 amide bonds. The van der Waals surface area contributed by atoms with Crippen molar-refractivity contribution >= 4 is 23.1 Å². The maximum Gasteiger partial charge on any atom is 0.185 e. The first-order valence-corrected chi connectivity index (χ1v) is 6.92. The Kier molecular flexibility index (Phi) is 4.38. The molecule has 0 radical (unpaired) electrons. The highest BCUT2D eigenvalue weighted by atomic mass is 32.2. The van der Waals surface area contributed by atoms with E-state index in [-0.39, 0.29) is 0 Å². The van der Waals surface area contributed by atoms with Crippen LogP contribution in [0, 0.1) is 0 Å². The fourth-order valence-corrected chi connectivity index (χ4v) is 2.71. The minimum atomic E-state index is 0.955. The SMILES string of the molecule is Cn1ncnc1SCCNCc1cccs1. The minimum absolute atomic E-state index is 0.955. The van der Waals surface area contributed by atoms with Crippen LogP contribution in [0.4, 0.5) is 0 Å². The quantitative estimate of drug-likeness (QED) is 0.630. The molecule has 0 aliphatic rings. The van der Waals surface area contributed by atoms with Crippen LogP contribution in [0.15, 0.2) is 29.0 Å². The number of aromatic nitrogens is 3. The van der Waals surface area contributed by atoms with Crippen LogP contribution in [0.5, 0.6) is 0 Å². The Hall–Kier alpha value is -0.850. The second-order valence-corrected chi connectivity index (χ2v) is 5.37. The van der Waals surface area contributed by atoms with Crippen molar-refractivity contribution in [2.75, 3.05) is 12.3 Å². The Morgan fingerprint density at radius 2 is 2.50 bits per heavy atom. The number of nitrogens with zero attached hydrogens (tertiary/aromatic N) is 3. The van der Waals surface area contributed by atoms with E-state index in [1.807, 2.05) is 7.05 Å². The zero-order valence-corrected chi connectivity index (χ0v) is 10.7. The third-order valence-electron chi connectivity index (χ3n) is 2.06. The van der Waals surface area contributed by atoms with Gasteiger partial charge in [0.25, 0.3) is 0 Å². The molecular formula is C10H14N4S2. The molecule has 0 saturated carbocycles. The molecule has 16 heavy (non-hydrogen) atoms. The largest absolute Gasteiger partial charge is 0.311 e. The molecule has 0 spiro atoms. The van der Waals surface area contributed by atoms with Crippen molar-refractivity contribution < 1.29 is 0 Å². The standard InChI is InChI=1S/C10H14N4S2/c1-14-10(12-8-13-14)16-6-4-11-7-9-3-2-5-15-9/h2-3,5,8,11H,4,6-7H2,1H3. The van der Waals surface area contributed by atoms with Gasteiger partial charge in [-0.1, -0.05) is 17.8 Å². The maximum atomic E-state index is 4.15. The van der Waals surface area contributed by atoms with Crippen LogP contribution in [0.3, 0.4) is 0 Å². The maximum absolute atomic E-state index is 4.15. The van der Waals surface area contributed by atoms with Crippen molar-refractivity contribution in [1.29, 1.82) is 0 Å². The van der Waals surface area contributed by atoms with Gasteiger partial charge in [-0.3, -0.25) is 0 Å². The summed E-state index contributed by atoms with van der Waals surface area (Å²) in [5.74, 6) is 1.01. The highest BCUT2D eigenvalue weighted by molar-refractivity contribution is 7.99. The summed E-state index contributed by atoms with van der Waals surface area (Å²) in [6, 6.07) is 4.23. The van der Waals surface area contributed by atoms with Gasteiger partial charge >= 0.3 is 0 Å². The molecule has 2 aromatic heterocycles. The van der Waals surface area contributed by atoms with Gasteiger partial charge < -0.3 is 5.32 Å². The Balaban J connectivity index is 1.61. The van der Waals surface area contributed by atoms with Gasteiger partial charge in [0.2, 0.25) is 0 Å². The summed E-state index contributed by atoms with van der Waals surface area (Å²) >= 11 is 3.51. The Morgan fingerprint density at radius 3 is 3.19 bits per heavy atom. The highest BCUT2D eigenvalue weighted by Gasteiger charge is 2.00. The molecule has 0 atom stereocenters. The molecule has 1 N–H and O–H groups in total. The van der Waals surface area contributed by atoms with E-state index in [1.165, 1.54) is 4.88 Å². The van der Waals surface area contributed by atoms with Crippen molar-refractivity contribution in [3.05, 3.63) is 28.7 Å². The van der Waals surface area contributed by atoms with Crippen LogP contribution in [-0.4, -0.2) is 27.1 Å². The fraction of sp³-hybridized carbons (Fsp3) is 0.400. The van der Waals surface area contributed by atoms with Crippen LogP contribution < -0.4 is 5.32 Å². The third-order valence-corrected chi connectivity index (χ3v) is 3.97. The van der Waals surface area contributed by atoms with Gasteiger partial charge in [-0.2, -0.15) is 5.10 Å². The van der Waals surface area contributed by atoms with E-state index in [0.717, 1.165) is 24.0 Å². The average Bonchev–Trinajstić information content (AvgIpc) is 2.90. The smallest absolute Gasteiger partial charge is 0.185 e. The van der Waals surface area contributed by atoms with Crippen molar-refractivity contribution in [3.8, 4) is 0 Å². The summed E-state index contributed by atoms with van der Waals surface area (Å²) in [7, 11) is 1.91. The van der Waals surface area contributed by atoms with Crippen LogP contribution in [0.2, 0.25) is 0 Å². The van der Waals surface area contributed by atoms with Crippen LogP contribution >= 0.6 is 23.1 Å². The van der Waals surface area contributed by atoms with Gasteiger partial charge in [0.15, 0.2) is 5.16 Å². The Labute approximate surface area is 103 Å². The third kappa shape index (κ3) is 3.33. The lowest BCUT2D eigenvalue weighted by Gasteiger charge is -2.02. The van der Waals surface area contributed by atoms with E-state index in [1.54, 1.807) is 34.1 Å². The van der Waals surface area contributed by atoms with Crippen LogP contribution in [0.1, 0.15) is 4.88 Å². The average molecular weight is 254 g/mol. The van der Waals surface area contributed by atoms with Crippen LogP contribution in [-0.2, 0) is 13.6 Å². The van der Waals surface area contributed by atoms with Gasteiger partial charge in [0, 0.05) is 30.8 Å². The molecule has 0 fully saturated rings. The van der Waals surface area contributed by atoms with Crippen molar-refractivity contribution in [2.45, 2.75) is 11.7 Å². The number of hydrogen-bond acceptors (Lipinski definition) is 5. The lowest BCUT2D eigenvalue weighted by molar-refractivity contribution is 0.683. The van der Waals surface area contributed by atoms with Gasteiger partial charge in [-0.05, 0) is 11.4 Å². The monoisotopic (exact) mass is 254 g/mol. The highest BCUT2D eigenvalue weighted by Crippen LogP contribution is 2.12.